The number of fused-ring (bicyclic) bond motifs is 1. The van der Waals surface area contributed by atoms with Crippen LogP contribution in [0.25, 0.3) is 0 Å². The Kier molecular flexibility index (Phi) is 7.31. The fourth-order valence-electron chi connectivity index (χ4n) is 3.75. The van der Waals surface area contributed by atoms with E-state index in [1.807, 2.05) is 12.1 Å². The number of carbonyl (C=O) groups is 3. The predicted molar refractivity (Wildman–Crippen MR) is 113 cm³/mol. The summed E-state index contributed by atoms with van der Waals surface area (Å²) in [5.74, 6) is 1.20. The first-order valence-electron chi connectivity index (χ1n) is 10.3. The van der Waals surface area contributed by atoms with Gasteiger partial charge < -0.3 is 25.2 Å². The summed E-state index contributed by atoms with van der Waals surface area (Å²) >= 11 is 0. The molecule has 30 heavy (non-hydrogen) atoms. The normalized spacial score (nSPS) is 17.0. The van der Waals surface area contributed by atoms with Crippen LogP contribution in [0, 0.1) is 12.3 Å². The van der Waals surface area contributed by atoms with Crippen LogP contribution in [0.3, 0.4) is 0 Å². The fraction of sp³-hybridized carbons (Fsp3) is 0.500. The highest BCUT2D eigenvalue weighted by Gasteiger charge is 2.28. The second-order valence-electron chi connectivity index (χ2n) is 7.34. The van der Waals surface area contributed by atoms with Crippen molar-refractivity contribution in [1.29, 1.82) is 0 Å². The Morgan fingerprint density at radius 1 is 1.30 bits per heavy atom. The van der Waals surface area contributed by atoms with Crippen LogP contribution in [-0.2, 0) is 20.7 Å². The second-order valence-corrected chi connectivity index (χ2v) is 7.34. The summed E-state index contributed by atoms with van der Waals surface area (Å²) in [6.07, 6.45) is 6.01. The number of hydrogen-bond acceptors (Lipinski definition) is 6. The zero-order chi connectivity index (χ0) is 21.5. The maximum absolute atomic E-state index is 13.0. The van der Waals surface area contributed by atoms with Crippen molar-refractivity contribution in [2.75, 3.05) is 50.8 Å². The van der Waals surface area contributed by atoms with Crippen LogP contribution in [0.15, 0.2) is 18.2 Å². The molecule has 2 aliphatic rings. The van der Waals surface area contributed by atoms with E-state index >= 15 is 0 Å². The third-order valence-electron chi connectivity index (χ3n) is 5.31. The Morgan fingerprint density at radius 3 is 2.77 bits per heavy atom. The number of nitrogens with zero attached hydrogens (tertiary/aromatic N) is 2. The number of nitrogens with one attached hydrogen (secondary N) is 2. The van der Waals surface area contributed by atoms with Crippen LogP contribution in [0.5, 0.6) is 0 Å². The van der Waals surface area contributed by atoms with E-state index in [0.29, 0.717) is 18.5 Å². The first-order chi connectivity index (χ1) is 14.5. The Hall–Kier alpha value is -3.05. The van der Waals surface area contributed by atoms with Crippen molar-refractivity contribution < 1.29 is 19.1 Å². The number of benzene rings is 1. The first-order valence-corrected chi connectivity index (χ1v) is 10.3. The summed E-state index contributed by atoms with van der Waals surface area (Å²) in [5, 5.41) is 5.91. The Balaban J connectivity index is 1.66. The van der Waals surface area contributed by atoms with Gasteiger partial charge >= 0.3 is 5.97 Å². The Morgan fingerprint density at radius 2 is 2.07 bits per heavy atom. The highest BCUT2D eigenvalue weighted by Crippen LogP contribution is 2.25. The van der Waals surface area contributed by atoms with E-state index in [1.54, 1.807) is 6.92 Å². The molecular weight excluding hydrogens is 384 g/mol. The average Bonchev–Trinajstić information content (AvgIpc) is 2.76. The molecule has 0 unspecified atom stereocenters. The molecule has 160 valence electrons. The molecular formula is C22H28N4O4. The van der Waals surface area contributed by atoms with Gasteiger partial charge in [0.15, 0.2) is 0 Å². The van der Waals surface area contributed by atoms with Crippen LogP contribution < -0.4 is 15.5 Å². The minimum absolute atomic E-state index is 0.0371. The molecule has 0 spiro atoms. The van der Waals surface area contributed by atoms with Crippen molar-refractivity contribution in [1.82, 2.24) is 15.5 Å². The lowest BCUT2D eigenvalue weighted by Gasteiger charge is -2.32. The molecule has 1 atom stereocenters. The van der Waals surface area contributed by atoms with Gasteiger partial charge in [0, 0.05) is 50.4 Å². The van der Waals surface area contributed by atoms with E-state index in [-0.39, 0.29) is 25.5 Å². The smallest absolute Gasteiger partial charge is 0.329 e. The van der Waals surface area contributed by atoms with Gasteiger partial charge in [-0.25, -0.2) is 4.79 Å². The molecule has 8 nitrogen and oxygen atoms in total. The second kappa shape index (κ2) is 10.1. The zero-order valence-corrected chi connectivity index (χ0v) is 17.3. The average molecular weight is 412 g/mol. The standard InChI is InChI=1S/C22H28N4O4/c1-3-5-19(22(29)30-4-2)24-20(27)15-26-11-8-16-6-7-17(14-18(16)21(26)28)25-12-9-23-10-13-25/h1,6-7,14,19,23H,4-5,8-13,15H2,2H3,(H,24,27)/t19-/m0/s1. The number of amides is 2. The Bertz CT molecular complexity index is 842. The first kappa shape index (κ1) is 21.7. The number of hydrogen-bond donors (Lipinski definition) is 2. The molecule has 2 heterocycles. The third-order valence-corrected chi connectivity index (χ3v) is 5.31. The molecule has 0 bridgehead atoms. The maximum Gasteiger partial charge on any atom is 0.329 e. The van der Waals surface area contributed by atoms with E-state index in [0.717, 1.165) is 37.4 Å². The molecule has 2 amide bonds. The summed E-state index contributed by atoms with van der Waals surface area (Å²) in [5.41, 5.74) is 2.65. The number of carbonyl (C=O) groups excluding carboxylic acids is 3. The number of terminal acetylenes is 1. The molecule has 3 rings (SSSR count). The van der Waals surface area contributed by atoms with E-state index in [1.165, 1.54) is 4.90 Å². The van der Waals surface area contributed by atoms with Gasteiger partial charge in [0.05, 0.1) is 13.2 Å². The van der Waals surface area contributed by atoms with E-state index < -0.39 is 17.9 Å². The zero-order valence-electron chi connectivity index (χ0n) is 17.3. The molecule has 1 aromatic carbocycles. The lowest BCUT2D eigenvalue weighted by molar-refractivity contribution is -0.147. The van der Waals surface area contributed by atoms with E-state index in [2.05, 4.69) is 27.5 Å². The SMILES string of the molecule is C#CC[C@H](NC(=O)CN1CCc2ccc(N3CCNCC3)cc2C1=O)C(=O)OCC. The molecule has 2 N–H and O–H groups in total. The lowest BCUT2D eigenvalue weighted by Crippen LogP contribution is -2.49. The number of esters is 1. The van der Waals surface area contributed by atoms with Gasteiger partial charge in [-0.05, 0) is 31.0 Å². The largest absolute Gasteiger partial charge is 0.464 e. The van der Waals surface area contributed by atoms with Crippen LogP contribution in [0.4, 0.5) is 5.69 Å². The molecule has 2 aliphatic heterocycles. The van der Waals surface area contributed by atoms with Crippen molar-refractivity contribution in [3.8, 4) is 12.3 Å². The number of rotatable bonds is 7. The van der Waals surface area contributed by atoms with Crippen molar-refractivity contribution in [3.63, 3.8) is 0 Å². The van der Waals surface area contributed by atoms with Crippen LogP contribution in [0.1, 0.15) is 29.3 Å². The van der Waals surface area contributed by atoms with Crippen LogP contribution in [-0.4, -0.2) is 74.6 Å². The summed E-state index contributed by atoms with van der Waals surface area (Å²) in [4.78, 5) is 41.2. The monoisotopic (exact) mass is 412 g/mol. The summed E-state index contributed by atoms with van der Waals surface area (Å²) in [7, 11) is 0. The third kappa shape index (κ3) is 5.10. The van der Waals surface area contributed by atoms with E-state index in [9.17, 15) is 14.4 Å². The molecule has 1 saturated heterocycles. The summed E-state index contributed by atoms with van der Waals surface area (Å²) in [6.45, 7) is 5.82. The molecule has 0 radical (unpaired) electrons. The molecule has 0 saturated carbocycles. The van der Waals surface area contributed by atoms with Gasteiger partial charge in [0.25, 0.3) is 5.91 Å². The molecule has 1 fully saturated rings. The van der Waals surface area contributed by atoms with Crippen LogP contribution >= 0.6 is 0 Å². The maximum atomic E-state index is 13.0. The molecule has 0 aromatic heterocycles. The highest BCUT2D eigenvalue weighted by atomic mass is 16.5. The van der Waals surface area contributed by atoms with E-state index in [4.69, 9.17) is 11.2 Å². The van der Waals surface area contributed by atoms with Crippen LogP contribution in [0.2, 0.25) is 0 Å². The highest BCUT2D eigenvalue weighted by molar-refractivity contribution is 6.00. The van der Waals surface area contributed by atoms with Crippen molar-refractivity contribution in [2.24, 2.45) is 0 Å². The number of ether oxygens (including phenoxy) is 1. The van der Waals surface area contributed by atoms with Crippen molar-refractivity contribution in [2.45, 2.75) is 25.8 Å². The van der Waals surface area contributed by atoms with Gasteiger partial charge in [0.2, 0.25) is 5.91 Å². The van der Waals surface area contributed by atoms with Crippen molar-refractivity contribution >= 4 is 23.5 Å². The minimum atomic E-state index is -0.908. The van der Waals surface area contributed by atoms with Gasteiger partial charge in [0.1, 0.15) is 6.04 Å². The quantitative estimate of drug-likeness (QED) is 0.490. The van der Waals surface area contributed by atoms with Gasteiger partial charge in [-0.15, -0.1) is 12.3 Å². The predicted octanol–water partition coefficient (Wildman–Crippen LogP) is 0.166. The summed E-state index contributed by atoms with van der Waals surface area (Å²) in [6, 6.07) is 5.08. The molecule has 0 aliphatic carbocycles. The Labute approximate surface area is 176 Å². The topological polar surface area (TPSA) is 91.0 Å². The van der Waals surface area contributed by atoms with Gasteiger partial charge in [-0.2, -0.15) is 0 Å². The fourth-order valence-corrected chi connectivity index (χ4v) is 3.75. The lowest BCUT2D eigenvalue weighted by atomic mass is 9.97. The van der Waals surface area contributed by atoms with Crippen molar-refractivity contribution in [3.05, 3.63) is 29.3 Å². The molecule has 8 heteroatoms. The number of anilines is 1. The number of piperazine rings is 1. The van der Waals surface area contributed by atoms with Gasteiger partial charge in [-0.3, -0.25) is 9.59 Å². The minimum Gasteiger partial charge on any atom is -0.464 e. The molecule has 1 aromatic rings. The summed E-state index contributed by atoms with van der Waals surface area (Å²) < 4.78 is 4.95. The van der Waals surface area contributed by atoms with Gasteiger partial charge in [-0.1, -0.05) is 6.07 Å².